The van der Waals surface area contributed by atoms with Crippen molar-refractivity contribution in [2.75, 3.05) is 5.32 Å². The van der Waals surface area contributed by atoms with Crippen molar-refractivity contribution in [3.63, 3.8) is 0 Å². The van der Waals surface area contributed by atoms with Crippen molar-refractivity contribution in [1.29, 1.82) is 5.26 Å². The molecule has 0 spiro atoms. The molecule has 22 heavy (non-hydrogen) atoms. The Bertz CT molecular complexity index is 842. The summed E-state index contributed by atoms with van der Waals surface area (Å²) in [5, 5.41) is 19.8. The van der Waals surface area contributed by atoms with Gasteiger partial charge in [-0.2, -0.15) is 10.4 Å². The molecular formula is C17H12N4O. The van der Waals surface area contributed by atoms with E-state index in [-0.39, 0.29) is 5.91 Å². The lowest BCUT2D eigenvalue weighted by atomic mass is 10.1. The molecule has 3 rings (SSSR count). The molecule has 106 valence electrons. The molecule has 0 saturated heterocycles. The number of nitrogens with one attached hydrogen (secondary N) is 1. The number of hydrogen-bond donors (Lipinski definition) is 1. The average molecular weight is 288 g/mol. The summed E-state index contributed by atoms with van der Waals surface area (Å²) in [4.78, 5) is 11.9. The van der Waals surface area contributed by atoms with Gasteiger partial charge in [0.15, 0.2) is 5.71 Å². The van der Waals surface area contributed by atoms with E-state index in [1.807, 2.05) is 31.2 Å². The number of amides is 1. The van der Waals surface area contributed by atoms with Crippen molar-refractivity contribution < 1.29 is 4.79 Å². The van der Waals surface area contributed by atoms with Gasteiger partial charge in [0.1, 0.15) is 0 Å². The van der Waals surface area contributed by atoms with Gasteiger partial charge < -0.3 is 5.32 Å². The summed E-state index contributed by atoms with van der Waals surface area (Å²) >= 11 is 0. The van der Waals surface area contributed by atoms with E-state index in [9.17, 15) is 4.79 Å². The van der Waals surface area contributed by atoms with Gasteiger partial charge in [-0.1, -0.05) is 30.3 Å². The third-order valence-corrected chi connectivity index (χ3v) is 3.38. The molecule has 2 aromatic carbocycles. The highest BCUT2D eigenvalue weighted by Crippen LogP contribution is 2.22. The maximum absolute atomic E-state index is 11.9. The second-order valence-electron chi connectivity index (χ2n) is 4.82. The molecule has 5 heteroatoms. The first-order valence-corrected chi connectivity index (χ1v) is 6.72. The molecule has 2 aromatic rings. The van der Waals surface area contributed by atoms with E-state index in [1.165, 1.54) is 0 Å². The number of para-hydroxylation sites is 1. The van der Waals surface area contributed by atoms with Gasteiger partial charge in [0.2, 0.25) is 0 Å². The fourth-order valence-electron chi connectivity index (χ4n) is 2.17. The van der Waals surface area contributed by atoms with Crippen LogP contribution in [0.15, 0.2) is 58.7 Å². The molecule has 0 bridgehead atoms. The fourth-order valence-corrected chi connectivity index (χ4v) is 2.17. The quantitative estimate of drug-likeness (QED) is 0.681. The summed E-state index contributed by atoms with van der Waals surface area (Å²) < 4.78 is 0. The van der Waals surface area contributed by atoms with Gasteiger partial charge >= 0.3 is 0 Å². The van der Waals surface area contributed by atoms with Crippen molar-refractivity contribution >= 4 is 23.0 Å². The molecule has 0 aromatic heterocycles. The molecule has 1 heterocycles. The molecule has 1 aliphatic rings. The second kappa shape index (κ2) is 5.62. The van der Waals surface area contributed by atoms with Crippen LogP contribution in [0.3, 0.4) is 0 Å². The maximum Gasteiger partial charge on any atom is 0.276 e. The minimum atomic E-state index is -0.252. The smallest absolute Gasteiger partial charge is 0.276 e. The van der Waals surface area contributed by atoms with E-state index in [2.05, 4.69) is 21.6 Å². The Kier molecular flexibility index (Phi) is 3.50. The van der Waals surface area contributed by atoms with Gasteiger partial charge in [-0.15, -0.1) is 5.10 Å². The average Bonchev–Trinajstić information content (AvgIpc) is 2.88. The number of carbonyl (C=O) groups is 1. The Balaban J connectivity index is 1.92. The standard InChI is InChI=1S/C17H12N4O/c1-11(13-8-6-12(10-18)7-9-13)20-21-16-14-4-2-3-5-15(14)19-17(16)22/h2-9H,1H3,(H,19,21,22)/b20-11-. The third-order valence-electron chi connectivity index (χ3n) is 3.38. The van der Waals surface area contributed by atoms with Crippen LogP contribution in [-0.4, -0.2) is 17.3 Å². The number of benzene rings is 2. The van der Waals surface area contributed by atoms with Crippen molar-refractivity contribution in [1.82, 2.24) is 0 Å². The second-order valence-corrected chi connectivity index (χ2v) is 4.82. The molecule has 0 atom stereocenters. The summed E-state index contributed by atoms with van der Waals surface area (Å²) in [6.45, 7) is 1.81. The van der Waals surface area contributed by atoms with Crippen molar-refractivity contribution in [3.8, 4) is 6.07 Å². The Morgan fingerprint density at radius 3 is 2.59 bits per heavy atom. The van der Waals surface area contributed by atoms with Crippen LogP contribution in [0.2, 0.25) is 0 Å². The molecule has 1 N–H and O–H groups in total. The van der Waals surface area contributed by atoms with Gasteiger partial charge in [-0.25, -0.2) is 0 Å². The molecule has 0 radical (unpaired) electrons. The van der Waals surface area contributed by atoms with Gasteiger partial charge in [0.25, 0.3) is 5.91 Å². The summed E-state index contributed by atoms with van der Waals surface area (Å²) in [5.41, 5.74) is 3.93. The molecule has 0 unspecified atom stereocenters. The van der Waals surface area contributed by atoms with Crippen LogP contribution >= 0.6 is 0 Å². The topological polar surface area (TPSA) is 77.6 Å². The zero-order valence-corrected chi connectivity index (χ0v) is 11.9. The lowest BCUT2D eigenvalue weighted by Crippen LogP contribution is -2.14. The number of nitrogens with zero attached hydrogens (tertiary/aromatic N) is 3. The maximum atomic E-state index is 11.9. The van der Waals surface area contributed by atoms with Gasteiger partial charge in [-0.05, 0) is 30.7 Å². The van der Waals surface area contributed by atoms with Crippen molar-refractivity contribution in [2.45, 2.75) is 6.92 Å². The number of fused-ring (bicyclic) bond motifs is 1. The zero-order chi connectivity index (χ0) is 15.5. The highest BCUT2D eigenvalue weighted by atomic mass is 16.2. The van der Waals surface area contributed by atoms with Crippen LogP contribution < -0.4 is 5.32 Å². The highest BCUT2D eigenvalue weighted by molar-refractivity contribution is 6.53. The van der Waals surface area contributed by atoms with Gasteiger partial charge in [-0.3, -0.25) is 4.79 Å². The molecule has 0 aliphatic carbocycles. The first-order valence-electron chi connectivity index (χ1n) is 6.72. The van der Waals surface area contributed by atoms with Crippen LogP contribution in [0.25, 0.3) is 0 Å². The Hall–Kier alpha value is -3.26. The van der Waals surface area contributed by atoms with Crippen LogP contribution in [-0.2, 0) is 4.79 Å². The van der Waals surface area contributed by atoms with Gasteiger partial charge in [0.05, 0.1) is 23.0 Å². The first-order chi connectivity index (χ1) is 10.7. The zero-order valence-electron chi connectivity index (χ0n) is 11.9. The number of nitriles is 1. The Labute approximate surface area is 127 Å². The molecule has 0 saturated carbocycles. The van der Waals surface area contributed by atoms with Crippen LogP contribution in [0.4, 0.5) is 5.69 Å². The molecule has 1 aliphatic heterocycles. The SMILES string of the molecule is C/C(=N/N=C1\C(=O)Nc2ccccc21)c1ccc(C#N)cc1. The summed E-state index contributed by atoms with van der Waals surface area (Å²) in [6.07, 6.45) is 0. The van der Waals surface area contributed by atoms with Gasteiger partial charge in [0, 0.05) is 5.56 Å². The summed E-state index contributed by atoms with van der Waals surface area (Å²) in [7, 11) is 0. The summed E-state index contributed by atoms with van der Waals surface area (Å²) in [6, 6.07) is 16.5. The van der Waals surface area contributed by atoms with E-state index in [4.69, 9.17) is 5.26 Å². The number of carbonyl (C=O) groups excluding carboxylic acids is 1. The van der Waals surface area contributed by atoms with Crippen molar-refractivity contribution in [2.24, 2.45) is 10.2 Å². The number of rotatable bonds is 2. The molecule has 0 fully saturated rings. The minimum Gasteiger partial charge on any atom is -0.320 e. The Morgan fingerprint density at radius 1 is 1.14 bits per heavy atom. The molecule has 1 amide bonds. The first kappa shape index (κ1) is 13.7. The highest BCUT2D eigenvalue weighted by Gasteiger charge is 2.25. The molecule has 5 nitrogen and oxygen atoms in total. The number of anilines is 1. The predicted octanol–water partition coefficient (Wildman–Crippen LogP) is 2.72. The third kappa shape index (κ3) is 2.50. The van der Waals surface area contributed by atoms with Crippen molar-refractivity contribution in [3.05, 3.63) is 65.2 Å². The van der Waals surface area contributed by atoms with E-state index in [0.29, 0.717) is 17.0 Å². The van der Waals surface area contributed by atoms with Crippen LogP contribution in [0.5, 0.6) is 0 Å². The Morgan fingerprint density at radius 2 is 1.86 bits per heavy atom. The van der Waals surface area contributed by atoms with E-state index < -0.39 is 0 Å². The monoisotopic (exact) mass is 288 g/mol. The fraction of sp³-hybridized carbons (Fsp3) is 0.0588. The lowest BCUT2D eigenvalue weighted by molar-refractivity contribution is -0.110. The normalized spacial score (nSPS) is 15.4. The number of hydrogen-bond acceptors (Lipinski definition) is 4. The van der Waals surface area contributed by atoms with Crippen LogP contribution in [0, 0.1) is 11.3 Å². The largest absolute Gasteiger partial charge is 0.320 e. The summed E-state index contributed by atoms with van der Waals surface area (Å²) in [5.74, 6) is -0.252. The predicted molar refractivity (Wildman–Crippen MR) is 85.0 cm³/mol. The van der Waals surface area contributed by atoms with Crippen LogP contribution in [0.1, 0.15) is 23.6 Å². The lowest BCUT2D eigenvalue weighted by Gasteiger charge is -1.99. The van der Waals surface area contributed by atoms with E-state index in [0.717, 1.165) is 16.8 Å². The van der Waals surface area contributed by atoms with E-state index >= 15 is 0 Å². The van der Waals surface area contributed by atoms with E-state index in [1.54, 1.807) is 24.3 Å². The minimum absolute atomic E-state index is 0.252. The molecular weight excluding hydrogens is 276 g/mol.